The molecular formula is C24H24FN3O2S. The minimum absolute atomic E-state index is 0.275. The van der Waals surface area contributed by atoms with E-state index in [1.54, 1.807) is 13.0 Å². The topological polar surface area (TPSA) is 55.6 Å². The highest BCUT2D eigenvalue weighted by molar-refractivity contribution is 7.19. The van der Waals surface area contributed by atoms with Crippen molar-refractivity contribution in [3.63, 3.8) is 0 Å². The van der Waals surface area contributed by atoms with Crippen LogP contribution < -0.4 is 5.32 Å². The van der Waals surface area contributed by atoms with Crippen LogP contribution in [0.4, 0.5) is 10.2 Å². The molecule has 5 nitrogen and oxygen atoms in total. The number of rotatable bonds is 6. The highest BCUT2D eigenvalue weighted by Crippen LogP contribution is 2.35. The second-order valence-electron chi connectivity index (χ2n) is 7.45. The van der Waals surface area contributed by atoms with Gasteiger partial charge in [-0.15, -0.1) is 0 Å². The molecule has 31 heavy (non-hydrogen) atoms. The van der Waals surface area contributed by atoms with Crippen LogP contribution in [0.25, 0.3) is 16.2 Å². The van der Waals surface area contributed by atoms with Gasteiger partial charge in [0.2, 0.25) is 0 Å². The van der Waals surface area contributed by atoms with Gasteiger partial charge < -0.3 is 10.1 Å². The van der Waals surface area contributed by atoms with Crippen molar-refractivity contribution in [3.05, 3.63) is 75.5 Å². The standard InChI is InChI=1S/C24H24FN3O2S/c1-5-30-23(29)21-16(4)28-22(26-13-17-7-6-8-19(25)12-17)20(27-24(28)31-21)18-10-9-14(2)15(3)11-18/h6-12,26H,5,13H2,1-4H3. The van der Waals surface area contributed by atoms with Gasteiger partial charge in [0.05, 0.1) is 6.61 Å². The summed E-state index contributed by atoms with van der Waals surface area (Å²) in [6, 6.07) is 12.7. The highest BCUT2D eigenvalue weighted by Gasteiger charge is 2.23. The van der Waals surface area contributed by atoms with Crippen LogP contribution in [0.1, 0.15) is 39.0 Å². The normalized spacial score (nSPS) is 11.1. The number of nitrogens with one attached hydrogen (secondary N) is 1. The predicted molar refractivity (Wildman–Crippen MR) is 122 cm³/mol. The average molecular weight is 438 g/mol. The zero-order valence-corrected chi connectivity index (χ0v) is 18.8. The average Bonchev–Trinajstić information content (AvgIpc) is 3.25. The molecule has 0 bridgehead atoms. The van der Waals surface area contributed by atoms with Gasteiger partial charge in [-0.3, -0.25) is 4.40 Å². The Morgan fingerprint density at radius 3 is 2.68 bits per heavy atom. The second kappa shape index (κ2) is 8.51. The lowest BCUT2D eigenvalue weighted by molar-refractivity contribution is 0.0531. The van der Waals surface area contributed by atoms with Crippen LogP contribution in [-0.4, -0.2) is 22.0 Å². The SMILES string of the molecule is CCOC(=O)c1sc2nc(-c3ccc(C)c(C)c3)c(NCc3cccc(F)c3)n2c1C. The maximum Gasteiger partial charge on any atom is 0.350 e. The largest absolute Gasteiger partial charge is 0.462 e. The molecule has 0 radical (unpaired) electrons. The summed E-state index contributed by atoms with van der Waals surface area (Å²) in [5.41, 5.74) is 5.75. The second-order valence-corrected chi connectivity index (χ2v) is 8.42. The molecule has 0 saturated heterocycles. The van der Waals surface area contributed by atoms with Crippen molar-refractivity contribution in [3.8, 4) is 11.3 Å². The van der Waals surface area contributed by atoms with Gasteiger partial charge in [0, 0.05) is 17.8 Å². The Hall–Kier alpha value is -3.19. The van der Waals surface area contributed by atoms with Crippen molar-refractivity contribution in [1.29, 1.82) is 0 Å². The van der Waals surface area contributed by atoms with Gasteiger partial charge in [-0.1, -0.05) is 35.6 Å². The monoisotopic (exact) mass is 437 g/mol. The van der Waals surface area contributed by atoms with Gasteiger partial charge in [-0.25, -0.2) is 14.2 Å². The number of halogens is 1. The van der Waals surface area contributed by atoms with E-state index in [0.29, 0.717) is 23.0 Å². The van der Waals surface area contributed by atoms with Crippen LogP contribution in [0.2, 0.25) is 0 Å². The minimum Gasteiger partial charge on any atom is -0.462 e. The van der Waals surface area contributed by atoms with E-state index in [0.717, 1.165) is 28.3 Å². The molecule has 2 aromatic heterocycles. The Kier molecular flexibility index (Phi) is 5.78. The van der Waals surface area contributed by atoms with Crippen LogP contribution in [0.5, 0.6) is 0 Å². The number of nitrogens with zero attached hydrogens (tertiary/aromatic N) is 2. The summed E-state index contributed by atoms with van der Waals surface area (Å²) in [6.07, 6.45) is 0. The quantitative estimate of drug-likeness (QED) is 0.381. The fourth-order valence-electron chi connectivity index (χ4n) is 3.52. The van der Waals surface area contributed by atoms with Gasteiger partial charge in [-0.2, -0.15) is 0 Å². The molecule has 0 aliphatic heterocycles. The molecule has 0 aliphatic rings. The van der Waals surface area contributed by atoms with E-state index in [1.165, 1.54) is 34.6 Å². The summed E-state index contributed by atoms with van der Waals surface area (Å²) in [7, 11) is 0. The summed E-state index contributed by atoms with van der Waals surface area (Å²) in [5.74, 6) is 0.148. The molecule has 7 heteroatoms. The van der Waals surface area contributed by atoms with E-state index in [4.69, 9.17) is 9.72 Å². The molecule has 2 heterocycles. The first-order valence-corrected chi connectivity index (χ1v) is 11.0. The van der Waals surface area contributed by atoms with Crippen molar-refractivity contribution >= 4 is 28.1 Å². The van der Waals surface area contributed by atoms with E-state index < -0.39 is 0 Å². The maximum absolute atomic E-state index is 13.6. The van der Waals surface area contributed by atoms with Gasteiger partial charge in [-0.05, 0) is 62.6 Å². The Balaban J connectivity index is 1.82. The molecule has 0 spiro atoms. The minimum atomic E-state index is -0.348. The number of aromatic nitrogens is 2. The third kappa shape index (κ3) is 4.05. The molecule has 0 amide bonds. The Morgan fingerprint density at radius 1 is 1.16 bits per heavy atom. The lowest BCUT2D eigenvalue weighted by Crippen LogP contribution is -2.07. The van der Waals surface area contributed by atoms with E-state index in [2.05, 4.69) is 31.3 Å². The fraction of sp³-hybridized carbons (Fsp3) is 0.250. The number of hydrogen-bond acceptors (Lipinski definition) is 5. The first kappa shape index (κ1) is 21.1. The van der Waals surface area contributed by atoms with Gasteiger partial charge in [0.15, 0.2) is 4.96 Å². The van der Waals surface area contributed by atoms with Crippen molar-refractivity contribution < 1.29 is 13.9 Å². The first-order valence-electron chi connectivity index (χ1n) is 10.1. The van der Waals surface area contributed by atoms with Crippen molar-refractivity contribution in [1.82, 2.24) is 9.38 Å². The molecule has 0 saturated carbocycles. The number of ether oxygens (including phenoxy) is 1. The van der Waals surface area contributed by atoms with Crippen molar-refractivity contribution in [2.75, 3.05) is 11.9 Å². The van der Waals surface area contributed by atoms with Crippen molar-refractivity contribution in [2.45, 2.75) is 34.2 Å². The number of thiazole rings is 1. The molecule has 1 N–H and O–H groups in total. The molecule has 4 rings (SSSR count). The zero-order chi connectivity index (χ0) is 22.1. The van der Waals surface area contributed by atoms with Gasteiger partial charge in [0.25, 0.3) is 0 Å². The Bertz CT molecular complexity index is 1280. The molecule has 2 aromatic carbocycles. The Morgan fingerprint density at radius 2 is 1.97 bits per heavy atom. The number of hydrogen-bond donors (Lipinski definition) is 1. The number of benzene rings is 2. The summed E-state index contributed by atoms with van der Waals surface area (Å²) in [5, 5.41) is 3.43. The van der Waals surface area contributed by atoms with E-state index in [1.807, 2.05) is 23.5 Å². The smallest absolute Gasteiger partial charge is 0.350 e. The number of esters is 1. The highest BCUT2D eigenvalue weighted by atomic mass is 32.1. The molecule has 160 valence electrons. The fourth-order valence-corrected chi connectivity index (χ4v) is 4.54. The Labute approximate surface area is 184 Å². The molecule has 0 fully saturated rings. The van der Waals surface area contributed by atoms with E-state index in [9.17, 15) is 9.18 Å². The maximum atomic E-state index is 13.6. The third-order valence-electron chi connectivity index (χ3n) is 5.29. The van der Waals surface area contributed by atoms with Crippen LogP contribution in [0.3, 0.4) is 0 Å². The number of imidazole rings is 1. The molecule has 0 atom stereocenters. The van der Waals surface area contributed by atoms with Crippen LogP contribution in [-0.2, 0) is 11.3 Å². The van der Waals surface area contributed by atoms with Crippen LogP contribution in [0, 0.1) is 26.6 Å². The molecule has 0 aliphatic carbocycles. The lowest BCUT2D eigenvalue weighted by Gasteiger charge is -2.11. The van der Waals surface area contributed by atoms with Crippen LogP contribution in [0.15, 0.2) is 42.5 Å². The van der Waals surface area contributed by atoms with Gasteiger partial charge in [0.1, 0.15) is 22.2 Å². The number of fused-ring (bicyclic) bond motifs is 1. The molecule has 4 aromatic rings. The predicted octanol–water partition coefficient (Wildman–Crippen LogP) is 5.92. The lowest BCUT2D eigenvalue weighted by atomic mass is 10.0. The number of carbonyl (C=O) groups excluding carboxylic acids is 1. The zero-order valence-electron chi connectivity index (χ0n) is 18.0. The van der Waals surface area contributed by atoms with E-state index in [-0.39, 0.29) is 11.8 Å². The van der Waals surface area contributed by atoms with Gasteiger partial charge >= 0.3 is 5.97 Å². The summed E-state index contributed by atoms with van der Waals surface area (Å²) in [4.78, 5) is 18.5. The number of aryl methyl sites for hydroxylation is 3. The molecular weight excluding hydrogens is 413 g/mol. The summed E-state index contributed by atoms with van der Waals surface area (Å²) < 4.78 is 20.8. The molecule has 0 unspecified atom stereocenters. The van der Waals surface area contributed by atoms with E-state index >= 15 is 0 Å². The third-order valence-corrected chi connectivity index (χ3v) is 6.42. The number of carbonyl (C=O) groups is 1. The summed E-state index contributed by atoms with van der Waals surface area (Å²) >= 11 is 1.31. The van der Waals surface area contributed by atoms with Crippen LogP contribution >= 0.6 is 11.3 Å². The number of anilines is 1. The van der Waals surface area contributed by atoms with Crippen molar-refractivity contribution in [2.24, 2.45) is 0 Å². The first-order chi connectivity index (χ1) is 14.9. The summed E-state index contributed by atoms with van der Waals surface area (Å²) in [6.45, 7) is 8.56.